The van der Waals surface area contributed by atoms with Crippen molar-refractivity contribution >= 4 is 88.4 Å². The normalized spacial score (nSPS) is 11.3. The fraction of sp³-hybridized carbons (Fsp3) is 0. The minimum Gasteiger partial charge on any atom is -0.309 e. The van der Waals surface area contributed by atoms with E-state index in [0.717, 1.165) is 55.3 Å². The monoisotopic (exact) mass is 831 g/mol. The van der Waals surface area contributed by atoms with Gasteiger partial charge in [-0.1, -0.05) is 157 Å². The van der Waals surface area contributed by atoms with Crippen molar-refractivity contribution in [3.05, 3.63) is 182 Å². The number of para-hydroxylation sites is 1. The van der Waals surface area contributed by atoms with E-state index in [-0.39, 0.29) is 38.7 Å². The lowest BCUT2D eigenvalue weighted by atomic mass is 9.60. The van der Waals surface area contributed by atoms with Crippen LogP contribution >= 0.6 is 0 Å². The maximum atomic E-state index is 6.71. The minimum absolute atomic E-state index is 0.0843. The number of rotatable bonds is 8. The summed E-state index contributed by atoms with van der Waals surface area (Å²) < 4.78 is 2.24. The first-order valence-corrected chi connectivity index (χ1v) is 21.2. The van der Waals surface area contributed by atoms with Crippen LogP contribution in [0.5, 0.6) is 0 Å². The van der Waals surface area contributed by atoms with Crippen LogP contribution in [-0.4, -0.2) is 73.7 Å². The molecule has 3 heterocycles. The van der Waals surface area contributed by atoms with Gasteiger partial charge < -0.3 is 4.57 Å². The van der Waals surface area contributed by atoms with Crippen molar-refractivity contribution in [2.75, 3.05) is 0 Å². The second kappa shape index (κ2) is 16.8. The fourth-order valence-electron chi connectivity index (χ4n) is 8.44. The van der Waals surface area contributed by atoms with Gasteiger partial charge in [0.1, 0.15) is 39.2 Å². The number of fused-ring (bicyclic) bond motifs is 3. The summed E-state index contributed by atoms with van der Waals surface area (Å²) in [6, 6.07) is 60.7. The molecule has 7 nitrogen and oxygen atoms in total. The molecule has 12 heteroatoms. The van der Waals surface area contributed by atoms with Crippen LogP contribution in [0, 0.1) is 0 Å². The molecule has 8 aromatic carbocycles. The van der Waals surface area contributed by atoms with Crippen molar-refractivity contribution in [2.24, 2.45) is 0 Å². The smallest absolute Gasteiger partial charge is 0.166 e. The van der Waals surface area contributed by atoms with Gasteiger partial charge in [-0.3, -0.25) is 0 Å². The topological polar surface area (TPSA) is 82.3 Å². The molecule has 0 unspecified atom stereocenters. The summed E-state index contributed by atoms with van der Waals surface area (Å²) in [4.78, 5) is 30.5. The van der Waals surface area contributed by atoms with E-state index >= 15 is 0 Å². The van der Waals surface area contributed by atoms with Crippen molar-refractivity contribution in [3.8, 4) is 85.1 Å². The third-order valence-electron chi connectivity index (χ3n) is 11.8. The lowest BCUT2D eigenvalue weighted by molar-refractivity contribution is 1.06. The number of benzene rings is 8. The van der Waals surface area contributed by atoms with Gasteiger partial charge in [0.2, 0.25) is 0 Å². The minimum atomic E-state index is 0.0843. The highest BCUT2D eigenvalue weighted by Crippen LogP contribution is 2.39. The van der Waals surface area contributed by atoms with E-state index in [1.54, 1.807) is 0 Å². The van der Waals surface area contributed by atoms with E-state index < -0.39 is 0 Å². The molecule has 0 fully saturated rings. The Hall–Kier alpha value is -8.10. The number of aromatic nitrogens is 7. The predicted molar refractivity (Wildman–Crippen MR) is 273 cm³/mol. The van der Waals surface area contributed by atoms with Crippen LogP contribution < -0.4 is 27.3 Å². The summed E-state index contributed by atoms with van der Waals surface area (Å²) in [7, 11) is 32.6. The molecule has 11 aromatic rings. The first-order valence-electron chi connectivity index (χ1n) is 21.2. The first kappa shape index (κ1) is 40.7. The molecule has 3 aromatic heterocycles. The molecule has 0 aliphatic rings. The van der Waals surface area contributed by atoms with Crippen molar-refractivity contribution in [1.29, 1.82) is 0 Å². The second-order valence-electron chi connectivity index (χ2n) is 15.8. The molecule has 0 aliphatic heterocycles. The summed E-state index contributed by atoms with van der Waals surface area (Å²) >= 11 is 0. The van der Waals surface area contributed by atoms with Crippen LogP contribution in [0.15, 0.2) is 182 Å². The van der Waals surface area contributed by atoms with Gasteiger partial charge in [-0.15, -0.1) is 16.4 Å². The van der Waals surface area contributed by atoms with Gasteiger partial charge in [0.05, 0.1) is 16.7 Å². The summed E-state index contributed by atoms with van der Waals surface area (Å²) in [5, 5.41) is 2.15. The van der Waals surface area contributed by atoms with Crippen molar-refractivity contribution < 1.29 is 0 Å². The highest BCUT2D eigenvalue weighted by atomic mass is 15.1. The molecule has 0 atom stereocenters. The van der Waals surface area contributed by atoms with Gasteiger partial charge in [0, 0.05) is 44.2 Å². The highest BCUT2D eigenvalue weighted by molar-refractivity contribution is 6.68. The maximum absolute atomic E-state index is 6.71. The molecule has 11 rings (SSSR count). The summed E-state index contributed by atoms with van der Waals surface area (Å²) in [6.45, 7) is 0. The van der Waals surface area contributed by atoms with Gasteiger partial charge in [0.15, 0.2) is 34.9 Å². The van der Waals surface area contributed by atoms with E-state index in [4.69, 9.17) is 69.1 Å². The molecule has 0 spiro atoms. The van der Waals surface area contributed by atoms with Gasteiger partial charge in [-0.25, -0.2) is 29.9 Å². The Kier molecular flexibility index (Phi) is 10.3. The molecule has 0 bridgehead atoms. The Morgan fingerprint density at radius 3 is 1.26 bits per heavy atom. The van der Waals surface area contributed by atoms with E-state index in [2.05, 4.69) is 71.3 Å². The van der Waals surface area contributed by atoms with Gasteiger partial charge in [-0.2, -0.15) is 0 Å². The fourth-order valence-corrected chi connectivity index (χ4v) is 8.44. The van der Waals surface area contributed by atoms with E-state index in [1.165, 1.54) is 0 Å². The summed E-state index contributed by atoms with van der Waals surface area (Å²) in [6.07, 6.45) is 0. The molecule has 0 N–H and O–H groups in total. The largest absolute Gasteiger partial charge is 0.309 e. The lowest BCUT2D eigenvalue weighted by Gasteiger charge is -2.21. The van der Waals surface area contributed by atoms with Gasteiger partial charge in [-0.05, 0) is 47.5 Å². The first-order chi connectivity index (χ1) is 32.3. The van der Waals surface area contributed by atoms with E-state index in [9.17, 15) is 0 Å². The molecular weight excluding hydrogens is 801 g/mol. The van der Waals surface area contributed by atoms with Crippen molar-refractivity contribution in [3.63, 3.8) is 0 Å². The Labute approximate surface area is 388 Å². The molecular formula is C54H30B5N7. The van der Waals surface area contributed by atoms with Crippen LogP contribution in [0.3, 0.4) is 0 Å². The average molecular weight is 831 g/mol. The second-order valence-corrected chi connectivity index (χ2v) is 15.8. The maximum Gasteiger partial charge on any atom is 0.166 e. The van der Waals surface area contributed by atoms with E-state index in [0.29, 0.717) is 40.2 Å². The van der Waals surface area contributed by atoms with Gasteiger partial charge >= 0.3 is 0 Å². The Balaban J connectivity index is 1.22. The molecule has 0 aliphatic carbocycles. The Morgan fingerprint density at radius 1 is 0.288 bits per heavy atom. The molecule has 0 amide bonds. The zero-order chi connectivity index (χ0) is 44.9. The molecule has 296 valence electrons. The quantitative estimate of drug-likeness (QED) is 0.157. The summed E-state index contributed by atoms with van der Waals surface area (Å²) in [5.74, 6) is 2.36. The van der Waals surface area contributed by atoms with Crippen molar-refractivity contribution in [1.82, 2.24) is 34.5 Å². The summed E-state index contributed by atoms with van der Waals surface area (Å²) in [5.41, 5.74) is 9.45. The van der Waals surface area contributed by atoms with Crippen molar-refractivity contribution in [2.45, 2.75) is 0 Å². The average Bonchev–Trinajstić information content (AvgIpc) is 3.71. The number of nitrogens with zero attached hydrogens (tertiary/aromatic N) is 7. The standard InChI is InChI=1S/C54H30B5N7/c55-44-43(45(56)47(58)48(59)46(44)57)54-64-51(34-21-11-4-12-22-34)63-53(65-54)39-30-36(52-61-49(32-17-7-2-8-18-32)60-50(62-52)33-19-9-3-10-20-33)26-28-42(39)66-40-24-14-13-23-37(40)38-29-35(25-27-41(38)66)31-15-5-1-6-16-31/h1-30H. The number of hydrogen-bond acceptors (Lipinski definition) is 6. The molecule has 66 heavy (non-hydrogen) atoms. The zero-order valence-electron chi connectivity index (χ0n) is 35.3. The molecule has 0 saturated heterocycles. The van der Waals surface area contributed by atoms with Crippen LogP contribution in [0.4, 0.5) is 0 Å². The molecule has 0 saturated carbocycles. The van der Waals surface area contributed by atoms with Crippen LogP contribution in [0.1, 0.15) is 0 Å². The number of hydrogen-bond donors (Lipinski definition) is 0. The SMILES string of the molecule is [B]c1c([B])c([B])c(-c2nc(-c3ccccc3)nc(-c3cc(-c4nc(-c5ccccc5)nc(-c5ccccc5)n4)ccc3-n3c4ccccc4c4cc(-c5ccccc5)ccc43)n2)c([B])c1[B]. The highest BCUT2D eigenvalue weighted by Gasteiger charge is 2.23. The predicted octanol–water partition coefficient (Wildman–Crippen LogP) is 6.79. The Morgan fingerprint density at radius 2 is 0.697 bits per heavy atom. The Bertz CT molecular complexity index is 3560. The van der Waals surface area contributed by atoms with Crippen LogP contribution in [-0.2, 0) is 0 Å². The van der Waals surface area contributed by atoms with Gasteiger partial charge in [0.25, 0.3) is 0 Å². The van der Waals surface area contributed by atoms with Crippen LogP contribution in [0.25, 0.3) is 107 Å². The third kappa shape index (κ3) is 7.21. The lowest BCUT2D eigenvalue weighted by Crippen LogP contribution is -2.55. The third-order valence-corrected chi connectivity index (χ3v) is 11.8. The zero-order valence-corrected chi connectivity index (χ0v) is 35.3. The molecule has 10 radical (unpaired) electrons. The van der Waals surface area contributed by atoms with Crippen LogP contribution in [0.2, 0.25) is 0 Å². The van der Waals surface area contributed by atoms with E-state index in [1.807, 2.05) is 115 Å².